The summed E-state index contributed by atoms with van der Waals surface area (Å²) < 4.78 is 28.9. The minimum Gasteiger partial charge on any atom is -0.313 e. The van der Waals surface area contributed by atoms with Gasteiger partial charge in [-0.3, -0.25) is 9.36 Å². The van der Waals surface area contributed by atoms with E-state index in [4.69, 9.17) is 0 Å². The van der Waals surface area contributed by atoms with Gasteiger partial charge in [0.25, 0.3) is 6.43 Å². The van der Waals surface area contributed by atoms with Crippen molar-refractivity contribution >= 4 is 22.3 Å². The van der Waals surface area contributed by atoms with E-state index in [1.165, 1.54) is 22.1 Å². The molecule has 0 aliphatic carbocycles. The zero-order chi connectivity index (χ0) is 19.5. The molecular weight excluding hydrogens is 384 g/mol. The molecule has 0 aliphatic heterocycles. The quantitative estimate of drug-likeness (QED) is 0.506. The normalized spacial score (nSPS) is 11.3. The average Bonchev–Trinajstić information content (AvgIpc) is 3.39. The van der Waals surface area contributed by atoms with Crippen molar-refractivity contribution in [3.05, 3.63) is 70.6 Å². The van der Waals surface area contributed by atoms with Crippen molar-refractivity contribution in [1.29, 1.82) is 0 Å². The van der Waals surface area contributed by atoms with Crippen molar-refractivity contribution < 1.29 is 8.78 Å². The Morgan fingerprint density at radius 1 is 1.07 bits per heavy atom. The lowest BCUT2D eigenvalue weighted by Crippen LogP contribution is -2.04. The van der Waals surface area contributed by atoms with Gasteiger partial charge < -0.3 is 5.32 Å². The van der Waals surface area contributed by atoms with E-state index in [-0.39, 0.29) is 5.69 Å². The molecule has 0 radical (unpaired) electrons. The minimum atomic E-state index is -2.59. The highest BCUT2D eigenvalue weighted by atomic mass is 32.1. The molecule has 3 aromatic heterocycles. The number of benzene rings is 1. The molecule has 1 aromatic carbocycles. The fourth-order valence-corrected chi connectivity index (χ4v) is 3.42. The van der Waals surface area contributed by atoms with E-state index in [0.29, 0.717) is 34.7 Å². The van der Waals surface area contributed by atoms with Gasteiger partial charge in [-0.1, -0.05) is 41.7 Å². The molecule has 7 nitrogen and oxygen atoms in total. The molecule has 0 unspecified atom stereocenters. The van der Waals surface area contributed by atoms with Crippen LogP contribution in [0.2, 0.25) is 0 Å². The lowest BCUT2D eigenvalue weighted by atomic mass is 10.2. The molecule has 0 saturated carbocycles. The van der Waals surface area contributed by atoms with Gasteiger partial charge in [0.1, 0.15) is 10.7 Å². The van der Waals surface area contributed by atoms with Gasteiger partial charge in [0.05, 0.1) is 13.1 Å². The molecule has 4 rings (SSSR count). The summed E-state index contributed by atoms with van der Waals surface area (Å²) in [6.45, 7) is 2.70. The number of aryl methyl sites for hydroxylation is 1. The van der Waals surface area contributed by atoms with Gasteiger partial charge in [0, 0.05) is 18.0 Å². The minimum absolute atomic E-state index is 0.232. The van der Waals surface area contributed by atoms with Crippen LogP contribution in [0.5, 0.6) is 0 Å². The van der Waals surface area contributed by atoms with Crippen LogP contribution in [0.4, 0.5) is 19.7 Å². The molecule has 28 heavy (non-hydrogen) atoms. The third-order valence-corrected chi connectivity index (χ3v) is 4.86. The van der Waals surface area contributed by atoms with Crippen molar-refractivity contribution in [3.8, 4) is 0 Å². The van der Waals surface area contributed by atoms with Crippen LogP contribution in [0.1, 0.15) is 28.4 Å². The molecular formula is C18H17F2N7S. The maximum Gasteiger partial charge on any atom is 0.282 e. The summed E-state index contributed by atoms with van der Waals surface area (Å²) in [5.41, 5.74) is 1.58. The highest BCUT2D eigenvalue weighted by Gasteiger charge is 2.15. The zero-order valence-electron chi connectivity index (χ0n) is 15.0. The van der Waals surface area contributed by atoms with Crippen LogP contribution >= 0.6 is 11.3 Å². The van der Waals surface area contributed by atoms with Gasteiger partial charge in [-0.05, 0) is 18.6 Å². The number of halogens is 2. The first-order valence-corrected chi connectivity index (χ1v) is 9.38. The zero-order valence-corrected chi connectivity index (χ0v) is 15.8. The van der Waals surface area contributed by atoms with Crippen LogP contribution in [0.15, 0.2) is 48.7 Å². The van der Waals surface area contributed by atoms with Gasteiger partial charge in [-0.25, -0.2) is 8.78 Å². The second-order valence-corrected chi connectivity index (χ2v) is 7.24. The number of hydrogen-bond acceptors (Lipinski definition) is 6. The summed E-state index contributed by atoms with van der Waals surface area (Å²) in [6, 6.07) is 13.3. The van der Waals surface area contributed by atoms with E-state index in [9.17, 15) is 8.78 Å². The van der Waals surface area contributed by atoms with Gasteiger partial charge in [-0.15, -0.1) is 10.2 Å². The second kappa shape index (κ2) is 7.85. The van der Waals surface area contributed by atoms with Gasteiger partial charge >= 0.3 is 0 Å². The number of alkyl halides is 2. The first-order chi connectivity index (χ1) is 13.6. The highest BCUT2D eigenvalue weighted by molar-refractivity contribution is 7.15. The van der Waals surface area contributed by atoms with E-state index in [2.05, 4.69) is 25.7 Å². The van der Waals surface area contributed by atoms with Crippen LogP contribution in [-0.2, 0) is 13.1 Å². The number of nitrogens with zero attached hydrogens (tertiary/aromatic N) is 6. The standard InChI is InChI=1S/C18H17F2N7S/c1-12-9-14(17(19)20)24-27(12)11-16-22-23-18(28-16)21-15-7-8-26(25-15)10-13-5-3-2-4-6-13/h2-9,17H,10-11H2,1H3,(H,21,23,25). The number of aromatic nitrogens is 6. The summed E-state index contributed by atoms with van der Waals surface area (Å²) >= 11 is 1.33. The molecule has 3 heterocycles. The molecule has 4 aromatic rings. The Morgan fingerprint density at radius 3 is 2.64 bits per heavy atom. The third kappa shape index (κ3) is 4.22. The van der Waals surface area contributed by atoms with Gasteiger partial charge in [0.2, 0.25) is 5.13 Å². The molecule has 0 atom stereocenters. The van der Waals surface area contributed by atoms with Crippen LogP contribution in [0.3, 0.4) is 0 Å². The third-order valence-electron chi connectivity index (χ3n) is 4.04. The second-order valence-electron chi connectivity index (χ2n) is 6.18. The molecule has 0 amide bonds. The first-order valence-electron chi connectivity index (χ1n) is 8.56. The van der Waals surface area contributed by atoms with E-state index in [0.717, 1.165) is 5.56 Å². The Hall–Kier alpha value is -3.14. The molecule has 10 heteroatoms. The van der Waals surface area contributed by atoms with Crippen LogP contribution < -0.4 is 5.32 Å². The van der Waals surface area contributed by atoms with E-state index < -0.39 is 6.43 Å². The fourth-order valence-electron chi connectivity index (χ4n) is 2.69. The van der Waals surface area contributed by atoms with Crippen LogP contribution in [0, 0.1) is 6.92 Å². The maximum atomic E-state index is 12.8. The maximum absolute atomic E-state index is 12.8. The van der Waals surface area contributed by atoms with Crippen molar-refractivity contribution in [1.82, 2.24) is 29.8 Å². The smallest absolute Gasteiger partial charge is 0.282 e. The number of hydrogen-bond donors (Lipinski definition) is 1. The number of rotatable bonds is 7. The molecule has 0 saturated heterocycles. The van der Waals surface area contributed by atoms with E-state index in [1.54, 1.807) is 6.92 Å². The SMILES string of the molecule is Cc1cc(C(F)F)nn1Cc1nnc(Nc2ccn(Cc3ccccc3)n2)s1. The lowest BCUT2D eigenvalue weighted by molar-refractivity contribution is 0.145. The molecule has 0 spiro atoms. The van der Waals surface area contributed by atoms with Crippen molar-refractivity contribution in [3.63, 3.8) is 0 Å². The lowest BCUT2D eigenvalue weighted by Gasteiger charge is -2.01. The van der Waals surface area contributed by atoms with Gasteiger partial charge in [-0.2, -0.15) is 10.2 Å². The van der Waals surface area contributed by atoms with E-state index >= 15 is 0 Å². The summed E-state index contributed by atoms with van der Waals surface area (Å²) in [7, 11) is 0. The monoisotopic (exact) mass is 401 g/mol. The molecule has 0 fully saturated rings. The summed E-state index contributed by atoms with van der Waals surface area (Å²) in [4.78, 5) is 0. The number of anilines is 2. The highest BCUT2D eigenvalue weighted by Crippen LogP contribution is 2.22. The summed E-state index contributed by atoms with van der Waals surface area (Å²) in [5.74, 6) is 0.661. The first kappa shape index (κ1) is 18.2. The fraction of sp³-hybridized carbons (Fsp3) is 0.222. The Kier molecular flexibility index (Phi) is 5.11. The average molecular weight is 401 g/mol. The molecule has 1 N–H and O–H groups in total. The molecule has 144 valence electrons. The summed E-state index contributed by atoms with van der Waals surface area (Å²) in [6.07, 6.45) is -0.700. The van der Waals surface area contributed by atoms with Crippen molar-refractivity contribution in [2.24, 2.45) is 0 Å². The largest absolute Gasteiger partial charge is 0.313 e. The number of nitrogens with one attached hydrogen (secondary N) is 1. The Balaban J connectivity index is 1.40. The Labute approximate surface area is 163 Å². The topological polar surface area (TPSA) is 73.5 Å². The van der Waals surface area contributed by atoms with Crippen LogP contribution in [-0.4, -0.2) is 29.8 Å². The summed E-state index contributed by atoms with van der Waals surface area (Å²) in [5, 5.41) is 20.9. The Bertz CT molecular complexity index is 1060. The van der Waals surface area contributed by atoms with Gasteiger partial charge in [0.15, 0.2) is 5.82 Å². The predicted molar refractivity (Wildman–Crippen MR) is 102 cm³/mol. The van der Waals surface area contributed by atoms with Crippen LogP contribution in [0.25, 0.3) is 0 Å². The van der Waals surface area contributed by atoms with E-state index in [1.807, 2.05) is 47.3 Å². The Morgan fingerprint density at radius 2 is 1.89 bits per heavy atom. The van der Waals surface area contributed by atoms with Crippen molar-refractivity contribution in [2.75, 3.05) is 5.32 Å². The predicted octanol–water partition coefficient (Wildman–Crippen LogP) is 4.02. The molecule has 0 bridgehead atoms. The van der Waals surface area contributed by atoms with Crippen molar-refractivity contribution in [2.45, 2.75) is 26.4 Å². The molecule has 0 aliphatic rings.